The minimum Gasteiger partial charge on any atom is -0.322 e. The summed E-state index contributed by atoms with van der Waals surface area (Å²) in [5.74, 6) is -0.949. The number of aryl methyl sites for hydroxylation is 1. The zero-order valence-electron chi connectivity index (χ0n) is 18.7. The SMILES string of the molecule is Cc1c(-c2cn(-c3cc(C(=O)Nc4cccc(C(C)(C)C#N)c4)ccc3F)nn2)cnn1C. The average Bonchev–Trinajstić information content (AvgIpc) is 3.41. The van der Waals surface area contributed by atoms with Crippen LogP contribution in [-0.4, -0.2) is 30.7 Å². The van der Waals surface area contributed by atoms with Crippen LogP contribution in [0.25, 0.3) is 16.9 Å². The molecule has 0 aliphatic rings. The summed E-state index contributed by atoms with van der Waals surface area (Å²) in [5, 5.41) is 24.5. The monoisotopic (exact) mass is 443 g/mol. The van der Waals surface area contributed by atoms with Crippen molar-refractivity contribution >= 4 is 11.6 Å². The van der Waals surface area contributed by atoms with Gasteiger partial charge in [0.15, 0.2) is 0 Å². The highest BCUT2D eigenvalue weighted by atomic mass is 19.1. The van der Waals surface area contributed by atoms with E-state index in [1.165, 1.54) is 22.9 Å². The molecule has 9 heteroatoms. The topological polar surface area (TPSA) is 101 Å². The summed E-state index contributed by atoms with van der Waals surface area (Å²) in [6.07, 6.45) is 3.27. The van der Waals surface area contributed by atoms with E-state index in [1.54, 1.807) is 49.1 Å². The molecule has 0 unspecified atom stereocenters. The fraction of sp³-hybridized carbons (Fsp3) is 0.208. The third-order valence-corrected chi connectivity index (χ3v) is 5.58. The van der Waals surface area contributed by atoms with Crippen molar-refractivity contribution in [3.05, 3.63) is 77.5 Å². The molecular weight excluding hydrogens is 421 g/mol. The average molecular weight is 443 g/mol. The number of aromatic nitrogens is 5. The van der Waals surface area contributed by atoms with Gasteiger partial charge in [0, 0.05) is 29.6 Å². The minimum absolute atomic E-state index is 0.0994. The first-order valence-corrected chi connectivity index (χ1v) is 10.2. The lowest BCUT2D eigenvalue weighted by molar-refractivity contribution is 0.102. The number of amides is 1. The van der Waals surface area contributed by atoms with E-state index >= 15 is 0 Å². The molecule has 4 aromatic rings. The van der Waals surface area contributed by atoms with Gasteiger partial charge < -0.3 is 5.32 Å². The van der Waals surface area contributed by atoms with E-state index in [-0.39, 0.29) is 11.3 Å². The molecule has 2 aromatic heterocycles. The van der Waals surface area contributed by atoms with Crippen LogP contribution in [-0.2, 0) is 12.5 Å². The third kappa shape index (κ3) is 4.23. The Kier molecular flexibility index (Phi) is 5.52. The minimum atomic E-state index is -0.693. The summed E-state index contributed by atoms with van der Waals surface area (Å²) >= 11 is 0. The summed E-state index contributed by atoms with van der Waals surface area (Å²) in [6, 6.07) is 13.4. The van der Waals surface area contributed by atoms with Crippen molar-refractivity contribution in [1.82, 2.24) is 24.8 Å². The van der Waals surface area contributed by atoms with Crippen LogP contribution >= 0.6 is 0 Å². The van der Waals surface area contributed by atoms with Crippen molar-refractivity contribution in [1.29, 1.82) is 5.26 Å². The van der Waals surface area contributed by atoms with E-state index in [2.05, 4.69) is 26.8 Å². The Morgan fingerprint density at radius 3 is 2.70 bits per heavy atom. The number of anilines is 1. The van der Waals surface area contributed by atoms with Crippen LogP contribution in [0.1, 0.15) is 35.5 Å². The largest absolute Gasteiger partial charge is 0.322 e. The Morgan fingerprint density at radius 2 is 2.00 bits per heavy atom. The fourth-order valence-electron chi connectivity index (χ4n) is 3.34. The second-order valence-corrected chi connectivity index (χ2v) is 8.25. The molecule has 0 fully saturated rings. The molecule has 0 saturated carbocycles. The summed E-state index contributed by atoms with van der Waals surface area (Å²) in [6.45, 7) is 5.51. The molecule has 0 atom stereocenters. The molecule has 2 heterocycles. The Morgan fingerprint density at radius 1 is 1.21 bits per heavy atom. The second-order valence-electron chi connectivity index (χ2n) is 8.25. The first kappa shape index (κ1) is 21.9. The van der Waals surface area contributed by atoms with Crippen LogP contribution in [0.15, 0.2) is 54.9 Å². The van der Waals surface area contributed by atoms with Gasteiger partial charge in [-0.1, -0.05) is 17.3 Å². The third-order valence-electron chi connectivity index (χ3n) is 5.58. The second kappa shape index (κ2) is 8.31. The lowest BCUT2D eigenvalue weighted by atomic mass is 9.86. The summed E-state index contributed by atoms with van der Waals surface area (Å²) in [4.78, 5) is 12.9. The van der Waals surface area contributed by atoms with Crippen molar-refractivity contribution in [3.8, 4) is 23.0 Å². The van der Waals surface area contributed by atoms with Crippen LogP contribution < -0.4 is 5.32 Å². The molecule has 1 N–H and O–H groups in total. The van der Waals surface area contributed by atoms with Gasteiger partial charge in [-0.3, -0.25) is 9.48 Å². The number of halogens is 1. The van der Waals surface area contributed by atoms with Crippen LogP contribution in [0.3, 0.4) is 0 Å². The van der Waals surface area contributed by atoms with Crippen LogP contribution in [0.2, 0.25) is 0 Å². The highest BCUT2D eigenvalue weighted by molar-refractivity contribution is 6.04. The maximum Gasteiger partial charge on any atom is 0.255 e. The zero-order chi connectivity index (χ0) is 23.8. The van der Waals surface area contributed by atoms with Crippen LogP contribution in [0.4, 0.5) is 10.1 Å². The van der Waals surface area contributed by atoms with Gasteiger partial charge in [-0.15, -0.1) is 5.10 Å². The molecule has 0 bridgehead atoms. The van der Waals surface area contributed by atoms with Gasteiger partial charge in [0.05, 0.1) is 23.9 Å². The van der Waals surface area contributed by atoms with Crippen molar-refractivity contribution in [2.75, 3.05) is 5.32 Å². The Labute approximate surface area is 190 Å². The Balaban J connectivity index is 1.61. The number of carbonyl (C=O) groups excluding carboxylic acids is 1. The quantitative estimate of drug-likeness (QED) is 0.499. The van der Waals surface area contributed by atoms with Gasteiger partial charge in [-0.25, -0.2) is 9.07 Å². The Bertz CT molecular complexity index is 1390. The molecule has 0 spiro atoms. The molecule has 8 nitrogen and oxygen atoms in total. The van der Waals surface area contributed by atoms with Crippen molar-refractivity contribution in [3.63, 3.8) is 0 Å². The highest BCUT2D eigenvalue weighted by Gasteiger charge is 2.20. The van der Waals surface area contributed by atoms with Gasteiger partial charge in [0.1, 0.15) is 17.2 Å². The van der Waals surface area contributed by atoms with Crippen molar-refractivity contribution in [2.45, 2.75) is 26.2 Å². The number of benzene rings is 2. The van der Waals surface area contributed by atoms with Crippen molar-refractivity contribution < 1.29 is 9.18 Å². The zero-order valence-corrected chi connectivity index (χ0v) is 18.7. The van der Waals surface area contributed by atoms with Crippen LogP contribution in [0, 0.1) is 24.1 Å². The number of hydrogen-bond acceptors (Lipinski definition) is 5. The van der Waals surface area contributed by atoms with E-state index in [9.17, 15) is 14.4 Å². The standard InChI is InChI=1S/C24H22FN7O/c1-15-19(12-27-31(15)4)21-13-32(30-29-21)22-10-16(8-9-20(22)25)23(33)28-18-7-5-6-17(11-18)24(2,3)14-26/h5-13H,1-4H3,(H,28,33). The number of nitrogens with zero attached hydrogens (tertiary/aromatic N) is 6. The molecule has 0 aliphatic heterocycles. The molecule has 0 aliphatic carbocycles. The van der Waals surface area contributed by atoms with E-state index in [0.717, 1.165) is 16.8 Å². The number of nitriles is 1. The highest BCUT2D eigenvalue weighted by Crippen LogP contribution is 2.26. The van der Waals surface area contributed by atoms with Gasteiger partial charge in [-0.05, 0) is 56.7 Å². The van der Waals surface area contributed by atoms with Gasteiger partial charge in [0.2, 0.25) is 0 Å². The number of carbonyl (C=O) groups is 1. The van der Waals surface area contributed by atoms with Gasteiger partial charge >= 0.3 is 0 Å². The lowest BCUT2D eigenvalue weighted by Crippen LogP contribution is -2.16. The Hall–Kier alpha value is -4.32. The van der Waals surface area contributed by atoms with Gasteiger partial charge in [-0.2, -0.15) is 10.4 Å². The van der Waals surface area contributed by atoms with E-state index in [4.69, 9.17) is 0 Å². The smallest absolute Gasteiger partial charge is 0.255 e. The maximum atomic E-state index is 14.6. The van der Waals surface area contributed by atoms with E-state index in [1.807, 2.05) is 20.0 Å². The van der Waals surface area contributed by atoms with E-state index < -0.39 is 17.1 Å². The summed E-state index contributed by atoms with van der Waals surface area (Å²) in [5.41, 5.74) is 3.22. The number of nitrogens with one attached hydrogen (secondary N) is 1. The fourth-order valence-corrected chi connectivity index (χ4v) is 3.34. The first-order chi connectivity index (χ1) is 15.7. The molecule has 1 amide bonds. The number of hydrogen-bond donors (Lipinski definition) is 1. The molecular formula is C24H22FN7O. The predicted octanol–water partition coefficient (Wildman–Crippen LogP) is 4.17. The normalized spacial score (nSPS) is 11.3. The van der Waals surface area contributed by atoms with Gasteiger partial charge in [0.25, 0.3) is 5.91 Å². The van der Waals surface area contributed by atoms with Crippen molar-refractivity contribution in [2.24, 2.45) is 7.05 Å². The lowest BCUT2D eigenvalue weighted by Gasteiger charge is -2.17. The van der Waals surface area contributed by atoms with Crippen LogP contribution in [0.5, 0.6) is 0 Å². The molecule has 166 valence electrons. The molecule has 0 saturated heterocycles. The molecule has 4 rings (SSSR count). The summed E-state index contributed by atoms with van der Waals surface area (Å²) < 4.78 is 17.6. The molecule has 33 heavy (non-hydrogen) atoms. The summed E-state index contributed by atoms with van der Waals surface area (Å²) in [7, 11) is 1.82. The predicted molar refractivity (Wildman–Crippen MR) is 121 cm³/mol. The first-order valence-electron chi connectivity index (χ1n) is 10.2. The number of rotatable bonds is 5. The van der Waals surface area contributed by atoms with E-state index in [0.29, 0.717) is 11.4 Å². The molecule has 0 radical (unpaired) electrons. The molecule has 2 aromatic carbocycles. The maximum absolute atomic E-state index is 14.6.